The Kier molecular flexibility index (Phi) is 6.99. The molecule has 0 aliphatic rings. The summed E-state index contributed by atoms with van der Waals surface area (Å²) in [5.74, 6) is 1.20. The van der Waals surface area contributed by atoms with Crippen molar-refractivity contribution in [2.75, 3.05) is 26.8 Å². The van der Waals surface area contributed by atoms with Gasteiger partial charge in [-0.1, -0.05) is 43.7 Å². The molecular weight excluding hydrogens is 222 g/mol. The van der Waals surface area contributed by atoms with Crippen molar-refractivity contribution in [1.29, 1.82) is 0 Å². The molecule has 2 atom stereocenters. The third kappa shape index (κ3) is 4.79. The molecule has 2 heteroatoms. The molecular formula is C16H27NO. The monoisotopic (exact) mass is 249 g/mol. The van der Waals surface area contributed by atoms with Crippen molar-refractivity contribution < 1.29 is 4.74 Å². The second kappa shape index (κ2) is 8.28. The van der Waals surface area contributed by atoms with Crippen molar-refractivity contribution >= 4 is 0 Å². The fraction of sp³-hybridized carbons (Fsp3) is 0.625. The van der Waals surface area contributed by atoms with Gasteiger partial charge in [0.15, 0.2) is 0 Å². The highest BCUT2D eigenvalue weighted by molar-refractivity contribution is 5.25. The number of nitrogens with one attached hydrogen (secondary N) is 1. The zero-order chi connectivity index (χ0) is 13.4. The van der Waals surface area contributed by atoms with Gasteiger partial charge in [-0.3, -0.25) is 0 Å². The van der Waals surface area contributed by atoms with Gasteiger partial charge in [-0.25, -0.2) is 0 Å². The lowest BCUT2D eigenvalue weighted by atomic mass is 9.85. The number of likely N-dealkylation sites (N-methyl/N-ethyl adjacent to an activating group) is 1. The Morgan fingerprint density at radius 1 is 1.22 bits per heavy atom. The highest BCUT2D eigenvalue weighted by Crippen LogP contribution is 2.26. The topological polar surface area (TPSA) is 21.3 Å². The van der Waals surface area contributed by atoms with Gasteiger partial charge in [0.1, 0.15) is 0 Å². The number of rotatable bonds is 8. The van der Waals surface area contributed by atoms with E-state index in [2.05, 4.69) is 50.4 Å². The Morgan fingerprint density at radius 3 is 2.44 bits per heavy atom. The molecule has 0 saturated carbocycles. The van der Waals surface area contributed by atoms with Crippen LogP contribution in [0.25, 0.3) is 0 Å². The van der Waals surface area contributed by atoms with Crippen LogP contribution in [0.4, 0.5) is 0 Å². The van der Waals surface area contributed by atoms with E-state index in [1.807, 2.05) is 0 Å². The molecule has 0 fully saturated rings. The molecule has 0 heterocycles. The van der Waals surface area contributed by atoms with Gasteiger partial charge in [0.05, 0.1) is 0 Å². The van der Waals surface area contributed by atoms with Gasteiger partial charge >= 0.3 is 0 Å². The molecule has 0 aliphatic heterocycles. The first-order valence-corrected chi connectivity index (χ1v) is 6.95. The maximum absolute atomic E-state index is 5.20. The van der Waals surface area contributed by atoms with Crippen LogP contribution in [0.3, 0.4) is 0 Å². The normalized spacial score (nSPS) is 14.4. The lowest BCUT2D eigenvalue weighted by Gasteiger charge is -2.25. The highest BCUT2D eigenvalue weighted by Gasteiger charge is 2.18. The molecule has 102 valence electrons. The number of ether oxygens (including phenoxy) is 1. The minimum absolute atomic E-state index is 0.570. The Hall–Kier alpha value is -0.860. The van der Waals surface area contributed by atoms with Crippen molar-refractivity contribution in [2.45, 2.75) is 33.1 Å². The van der Waals surface area contributed by atoms with E-state index >= 15 is 0 Å². The van der Waals surface area contributed by atoms with E-state index in [1.165, 1.54) is 11.1 Å². The minimum Gasteiger partial charge on any atom is -0.385 e. The second-order valence-electron chi connectivity index (χ2n) is 5.08. The number of hydrogen-bond donors (Lipinski definition) is 1. The van der Waals surface area contributed by atoms with E-state index in [0.29, 0.717) is 11.8 Å². The molecule has 2 unspecified atom stereocenters. The predicted octanol–water partition coefficient (Wildman–Crippen LogP) is 3.36. The van der Waals surface area contributed by atoms with E-state index in [0.717, 1.165) is 26.1 Å². The van der Waals surface area contributed by atoms with Crippen LogP contribution in [0.1, 0.15) is 37.3 Å². The molecule has 1 aromatic carbocycles. The summed E-state index contributed by atoms with van der Waals surface area (Å²) in [7, 11) is 1.78. The van der Waals surface area contributed by atoms with E-state index in [-0.39, 0.29) is 0 Å². The standard InChI is InChI=1S/C16H27NO/c1-5-17-12-16(14(3)10-11-18-4)15-8-6-13(2)7-9-15/h6-9,14,16-17H,5,10-12H2,1-4H3. The summed E-state index contributed by atoms with van der Waals surface area (Å²) in [6.45, 7) is 9.53. The Morgan fingerprint density at radius 2 is 1.89 bits per heavy atom. The molecule has 0 saturated heterocycles. The maximum atomic E-state index is 5.20. The molecule has 1 aromatic rings. The third-order valence-corrected chi connectivity index (χ3v) is 3.58. The molecule has 0 aromatic heterocycles. The Labute approximate surface area is 112 Å². The first-order chi connectivity index (χ1) is 8.69. The van der Waals surface area contributed by atoms with E-state index < -0.39 is 0 Å². The van der Waals surface area contributed by atoms with E-state index in [1.54, 1.807) is 7.11 Å². The molecule has 18 heavy (non-hydrogen) atoms. The van der Waals surface area contributed by atoms with Crippen LogP contribution in [0.2, 0.25) is 0 Å². The van der Waals surface area contributed by atoms with Gasteiger partial charge in [0, 0.05) is 20.3 Å². The van der Waals surface area contributed by atoms with Crippen molar-refractivity contribution in [3.63, 3.8) is 0 Å². The van der Waals surface area contributed by atoms with Gasteiger partial charge in [-0.05, 0) is 37.3 Å². The maximum Gasteiger partial charge on any atom is 0.0465 e. The fourth-order valence-corrected chi connectivity index (χ4v) is 2.27. The average Bonchev–Trinajstić information content (AvgIpc) is 2.38. The van der Waals surface area contributed by atoms with Crippen LogP contribution in [0.5, 0.6) is 0 Å². The number of hydrogen-bond acceptors (Lipinski definition) is 2. The van der Waals surface area contributed by atoms with Gasteiger partial charge in [0.2, 0.25) is 0 Å². The summed E-state index contributed by atoms with van der Waals surface area (Å²) in [4.78, 5) is 0. The van der Waals surface area contributed by atoms with Crippen LogP contribution >= 0.6 is 0 Å². The minimum atomic E-state index is 0.570. The Bertz CT molecular complexity index is 320. The van der Waals surface area contributed by atoms with Crippen LogP contribution in [-0.2, 0) is 4.74 Å². The van der Waals surface area contributed by atoms with Gasteiger partial charge in [-0.15, -0.1) is 0 Å². The first-order valence-electron chi connectivity index (χ1n) is 6.95. The van der Waals surface area contributed by atoms with Gasteiger partial charge < -0.3 is 10.1 Å². The van der Waals surface area contributed by atoms with E-state index in [4.69, 9.17) is 4.74 Å². The summed E-state index contributed by atoms with van der Waals surface area (Å²) in [5, 5.41) is 3.48. The summed E-state index contributed by atoms with van der Waals surface area (Å²) in [5.41, 5.74) is 2.76. The largest absolute Gasteiger partial charge is 0.385 e. The van der Waals surface area contributed by atoms with Crippen molar-refractivity contribution in [1.82, 2.24) is 5.32 Å². The van der Waals surface area contributed by atoms with Gasteiger partial charge in [-0.2, -0.15) is 0 Å². The summed E-state index contributed by atoms with van der Waals surface area (Å²) >= 11 is 0. The second-order valence-corrected chi connectivity index (χ2v) is 5.08. The molecule has 0 bridgehead atoms. The van der Waals surface area contributed by atoms with E-state index in [9.17, 15) is 0 Å². The van der Waals surface area contributed by atoms with Crippen molar-refractivity contribution in [3.05, 3.63) is 35.4 Å². The summed E-state index contributed by atoms with van der Waals surface area (Å²) < 4.78 is 5.20. The summed E-state index contributed by atoms with van der Waals surface area (Å²) in [6, 6.07) is 8.94. The SMILES string of the molecule is CCNCC(c1ccc(C)cc1)C(C)CCOC. The van der Waals surface area contributed by atoms with Crippen molar-refractivity contribution in [2.24, 2.45) is 5.92 Å². The van der Waals surface area contributed by atoms with Crippen LogP contribution in [0.15, 0.2) is 24.3 Å². The molecule has 1 rings (SSSR count). The third-order valence-electron chi connectivity index (χ3n) is 3.58. The first kappa shape index (κ1) is 15.2. The lowest BCUT2D eigenvalue weighted by molar-refractivity contribution is 0.174. The molecule has 0 spiro atoms. The zero-order valence-corrected chi connectivity index (χ0v) is 12.2. The molecule has 0 amide bonds. The van der Waals surface area contributed by atoms with Crippen LogP contribution < -0.4 is 5.32 Å². The summed E-state index contributed by atoms with van der Waals surface area (Å²) in [6.07, 6.45) is 1.11. The number of methoxy groups -OCH3 is 1. The Balaban J connectivity index is 2.73. The molecule has 1 N–H and O–H groups in total. The molecule has 0 radical (unpaired) electrons. The predicted molar refractivity (Wildman–Crippen MR) is 78.1 cm³/mol. The number of benzene rings is 1. The van der Waals surface area contributed by atoms with Crippen LogP contribution in [0, 0.1) is 12.8 Å². The van der Waals surface area contributed by atoms with Gasteiger partial charge in [0.25, 0.3) is 0 Å². The highest BCUT2D eigenvalue weighted by atomic mass is 16.5. The quantitative estimate of drug-likeness (QED) is 0.763. The molecule has 0 aliphatic carbocycles. The average molecular weight is 249 g/mol. The lowest BCUT2D eigenvalue weighted by Crippen LogP contribution is -2.26. The fourth-order valence-electron chi connectivity index (χ4n) is 2.27. The van der Waals surface area contributed by atoms with Crippen molar-refractivity contribution in [3.8, 4) is 0 Å². The zero-order valence-electron chi connectivity index (χ0n) is 12.2. The van der Waals surface area contributed by atoms with Crippen LogP contribution in [-0.4, -0.2) is 26.8 Å². The molecule has 2 nitrogen and oxygen atoms in total. The number of aryl methyl sites for hydroxylation is 1. The smallest absolute Gasteiger partial charge is 0.0465 e.